The number of amides is 1. The number of nitrogens with one attached hydrogen (secondary N) is 1. The van der Waals surface area contributed by atoms with Gasteiger partial charge in [-0.25, -0.2) is 4.39 Å². The number of halogens is 4. The summed E-state index contributed by atoms with van der Waals surface area (Å²) in [4.78, 5) is 11.9. The molecule has 1 unspecified atom stereocenters. The lowest BCUT2D eigenvalue weighted by Gasteiger charge is -2.15. The van der Waals surface area contributed by atoms with Gasteiger partial charge in [-0.15, -0.1) is 0 Å². The Bertz CT molecular complexity index is 490. The standard InChI is InChI=1S/C14H17F4NOS/c1-3-21-8-7-9(2)19-13(20)10-5-4-6-11(12(10)15)14(16,17)18/h4-6,9H,3,7-8H2,1-2H3,(H,19,20). The Labute approximate surface area is 125 Å². The average Bonchev–Trinajstić information content (AvgIpc) is 2.37. The molecule has 21 heavy (non-hydrogen) atoms. The average molecular weight is 323 g/mol. The lowest BCUT2D eigenvalue weighted by Crippen LogP contribution is -2.33. The van der Waals surface area contributed by atoms with Crippen molar-refractivity contribution >= 4 is 17.7 Å². The molecular weight excluding hydrogens is 306 g/mol. The second-order valence-corrected chi connectivity index (χ2v) is 5.92. The minimum Gasteiger partial charge on any atom is -0.349 e. The second kappa shape index (κ2) is 7.68. The molecular formula is C14H17F4NOS. The molecule has 1 atom stereocenters. The first kappa shape index (κ1) is 17.8. The molecule has 7 heteroatoms. The van der Waals surface area contributed by atoms with Crippen LogP contribution in [-0.4, -0.2) is 23.5 Å². The minimum atomic E-state index is -4.82. The van der Waals surface area contributed by atoms with Crippen LogP contribution in [0.4, 0.5) is 17.6 Å². The highest BCUT2D eigenvalue weighted by Gasteiger charge is 2.35. The summed E-state index contributed by atoms with van der Waals surface area (Å²) in [6.45, 7) is 3.74. The lowest BCUT2D eigenvalue weighted by molar-refractivity contribution is -0.140. The summed E-state index contributed by atoms with van der Waals surface area (Å²) in [7, 11) is 0. The zero-order chi connectivity index (χ0) is 16.0. The van der Waals surface area contributed by atoms with Gasteiger partial charge in [-0.2, -0.15) is 24.9 Å². The van der Waals surface area contributed by atoms with E-state index in [-0.39, 0.29) is 6.04 Å². The van der Waals surface area contributed by atoms with E-state index >= 15 is 0 Å². The summed E-state index contributed by atoms with van der Waals surface area (Å²) in [5, 5.41) is 2.51. The van der Waals surface area contributed by atoms with Crippen molar-refractivity contribution in [2.45, 2.75) is 32.5 Å². The molecule has 0 aromatic heterocycles. The van der Waals surface area contributed by atoms with Crippen molar-refractivity contribution in [3.05, 3.63) is 35.1 Å². The molecule has 0 bridgehead atoms. The molecule has 0 radical (unpaired) electrons. The van der Waals surface area contributed by atoms with Gasteiger partial charge in [-0.3, -0.25) is 4.79 Å². The van der Waals surface area contributed by atoms with Crippen molar-refractivity contribution < 1.29 is 22.4 Å². The molecule has 118 valence electrons. The van der Waals surface area contributed by atoms with Crippen molar-refractivity contribution in [1.82, 2.24) is 5.32 Å². The molecule has 0 aliphatic rings. The van der Waals surface area contributed by atoms with Gasteiger partial charge in [0.2, 0.25) is 0 Å². The minimum absolute atomic E-state index is 0.231. The normalized spacial score (nSPS) is 13.0. The maximum atomic E-state index is 13.8. The van der Waals surface area contributed by atoms with Gasteiger partial charge in [-0.1, -0.05) is 13.0 Å². The first-order valence-corrected chi connectivity index (χ1v) is 7.67. The van der Waals surface area contributed by atoms with E-state index in [2.05, 4.69) is 5.32 Å². The van der Waals surface area contributed by atoms with E-state index in [1.54, 1.807) is 18.7 Å². The number of rotatable bonds is 6. The van der Waals surface area contributed by atoms with Crippen LogP contribution in [0.2, 0.25) is 0 Å². The third kappa shape index (κ3) is 5.22. The van der Waals surface area contributed by atoms with Gasteiger partial charge in [0.05, 0.1) is 11.1 Å². The monoisotopic (exact) mass is 323 g/mol. The third-order valence-electron chi connectivity index (χ3n) is 2.83. The maximum absolute atomic E-state index is 13.8. The molecule has 0 saturated heterocycles. The largest absolute Gasteiger partial charge is 0.419 e. The van der Waals surface area contributed by atoms with Crippen LogP contribution in [0.5, 0.6) is 0 Å². The Hall–Kier alpha value is -1.24. The highest BCUT2D eigenvalue weighted by atomic mass is 32.2. The predicted octanol–water partition coefficient (Wildman–Crippen LogP) is 4.11. The maximum Gasteiger partial charge on any atom is 0.419 e. The number of hydrogen-bond acceptors (Lipinski definition) is 2. The van der Waals surface area contributed by atoms with E-state index in [1.165, 1.54) is 0 Å². The number of carbonyl (C=O) groups excluding carboxylic acids is 1. The van der Waals surface area contributed by atoms with E-state index in [9.17, 15) is 22.4 Å². The Morgan fingerprint density at radius 3 is 2.62 bits per heavy atom. The van der Waals surface area contributed by atoms with E-state index in [0.29, 0.717) is 12.5 Å². The summed E-state index contributed by atoms with van der Waals surface area (Å²) in [6.07, 6.45) is -4.14. The summed E-state index contributed by atoms with van der Waals surface area (Å²) in [6, 6.07) is 2.46. The van der Waals surface area contributed by atoms with Crippen molar-refractivity contribution in [2.24, 2.45) is 0 Å². The molecule has 0 saturated carbocycles. The number of benzene rings is 1. The molecule has 1 aromatic rings. The van der Waals surface area contributed by atoms with Gasteiger partial charge < -0.3 is 5.32 Å². The number of hydrogen-bond donors (Lipinski definition) is 1. The summed E-state index contributed by atoms with van der Waals surface area (Å²) in [5.41, 5.74) is -2.01. The molecule has 0 fully saturated rings. The molecule has 0 aliphatic heterocycles. The smallest absolute Gasteiger partial charge is 0.349 e. The van der Waals surface area contributed by atoms with Crippen LogP contribution in [0.1, 0.15) is 36.2 Å². The fraction of sp³-hybridized carbons (Fsp3) is 0.500. The molecule has 1 aromatic carbocycles. The van der Waals surface area contributed by atoms with Crippen molar-refractivity contribution in [3.8, 4) is 0 Å². The van der Waals surface area contributed by atoms with Gasteiger partial charge in [0, 0.05) is 6.04 Å². The van der Waals surface area contributed by atoms with Gasteiger partial charge in [0.15, 0.2) is 0 Å². The van der Waals surface area contributed by atoms with Crippen LogP contribution >= 0.6 is 11.8 Å². The second-order valence-electron chi connectivity index (χ2n) is 4.52. The number of thioether (sulfide) groups is 1. The summed E-state index contributed by atoms with van der Waals surface area (Å²) >= 11 is 1.69. The van der Waals surface area contributed by atoms with Gasteiger partial charge in [0.25, 0.3) is 5.91 Å². The van der Waals surface area contributed by atoms with Crippen LogP contribution in [0.15, 0.2) is 18.2 Å². The number of alkyl halides is 3. The van der Waals surface area contributed by atoms with Crippen LogP contribution in [0.3, 0.4) is 0 Å². The molecule has 1 amide bonds. The Balaban J connectivity index is 2.79. The van der Waals surface area contributed by atoms with Crippen molar-refractivity contribution in [1.29, 1.82) is 0 Å². The lowest BCUT2D eigenvalue weighted by atomic mass is 10.1. The molecule has 1 rings (SSSR count). The topological polar surface area (TPSA) is 29.1 Å². The Morgan fingerprint density at radius 2 is 2.05 bits per heavy atom. The van der Waals surface area contributed by atoms with Crippen molar-refractivity contribution in [2.75, 3.05) is 11.5 Å². The van der Waals surface area contributed by atoms with E-state index in [0.717, 1.165) is 23.6 Å². The van der Waals surface area contributed by atoms with Crippen LogP contribution in [0.25, 0.3) is 0 Å². The van der Waals surface area contributed by atoms with Gasteiger partial charge in [0.1, 0.15) is 5.82 Å². The SMILES string of the molecule is CCSCCC(C)NC(=O)c1cccc(C(F)(F)F)c1F. The Kier molecular flexibility index (Phi) is 6.51. The van der Waals surface area contributed by atoms with Gasteiger partial charge >= 0.3 is 6.18 Å². The molecule has 2 nitrogen and oxygen atoms in total. The fourth-order valence-corrected chi connectivity index (χ4v) is 2.51. The fourth-order valence-electron chi connectivity index (χ4n) is 1.70. The highest BCUT2D eigenvalue weighted by Crippen LogP contribution is 2.32. The number of carbonyl (C=O) groups is 1. The first-order chi connectivity index (χ1) is 9.77. The molecule has 0 spiro atoms. The molecule has 0 heterocycles. The quantitative estimate of drug-likeness (QED) is 0.631. The summed E-state index contributed by atoms with van der Waals surface area (Å²) < 4.78 is 51.5. The highest BCUT2D eigenvalue weighted by molar-refractivity contribution is 7.99. The first-order valence-electron chi connectivity index (χ1n) is 6.51. The summed E-state index contributed by atoms with van der Waals surface area (Å²) in [5.74, 6) is -0.586. The van der Waals surface area contributed by atoms with Crippen LogP contribution < -0.4 is 5.32 Å². The zero-order valence-electron chi connectivity index (χ0n) is 11.8. The van der Waals surface area contributed by atoms with Crippen LogP contribution in [0, 0.1) is 5.82 Å². The van der Waals surface area contributed by atoms with E-state index in [4.69, 9.17) is 0 Å². The predicted molar refractivity (Wildman–Crippen MR) is 75.9 cm³/mol. The zero-order valence-corrected chi connectivity index (χ0v) is 12.6. The molecule has 0 aliphatic carbocycles. The van der Waals surface area contributed by atoms with Gasteiger partial charge in [-0.05, 0) is 37.0 Å². The van der Waals surface area contributed by atoms with E-state index in [1.807, 2.05) is 6.92 Å². The van der Waals surface area contributed by atoms with Crippen LogP contribution in [-0.2, 0) is 6.18 Å². The molecule has 1 N–H and O–H groups in total. The van der Waals surface area contributed by atoms with Crippen molar-refractivity contribution in [3.63, 3.8) is 0 Å². The third-order valence-corrected chi connectivity index (χ3v) is 3.76. The van der Waals surface area contributed by atoms with E-state index < -0.39 is 29.0 Å². The Morgan fingerprint density at radius 1 is 1.38 bits per heavy atom.